The third-order valence-corrected chi connectivity index (χ3v) is 4.73. The largest absolute Gasteiger partial charge is 0.416 e. The van der Waals surface area contributed by atoms with Gasteiger partial charge in [0, 0.05) is 16.9 Å². The molecule has 3 aromatic rings. The predicted octanol–water partition coefficient (Wildman–Crippen LogP) is 3.74. The lowest BCUT2D eigenvalue weighted by atomic mass is 10.0. The molecule has 0 aliphatic carbocycles. The summed E-state index contributed by atoms with van der Waals surface area (Å²) in [5.74, 6) is -0.405. The van der Waals surface area contributed by atoms with Crippen LogP contribution in [-0.4, -0.2) is 25.1 Å². The molecule has 0 saturated carbocycles. The summed E-state index contributed by atoms with van der Waals surface area (Å²) >= 11 is 3.13. The molecule has 0 fully saturated rings. The van der Waals surface area contributed by atoms with Gasteiger partial charge in [0.25, 0.3) is 5.56 Å². The summed E-state index contributed by atoms with van der Waals surface area (Å²) in [6.45, 7) is 5.23. The van der Waals surface area contributed by atoms with Gasteiger partial charge < -0.3 is 9.88 Å². The van der Waals surface area contributed by atoms with Gasteiger partial charge in [0.1, 0.15) is 6.54 Å². The molecule has 1 amide bonds. The Kier molecular flexibility index (Phi) is 5.52. The van der Waals surface area contributed by atoms with Crippen LogP contribution >= 0.6 is 15.9 Å². The van der Waals surface area contributed by atoms with E-state index in [9.17, 15) is 22.8 Å². The van der Waals surface area contributed by atoms with Crippen molar-refractivity contribution in [1.82, 2.24) is 19.2 Å². The molecule has 7 nitrogen and oxygen atoms in total. The minimum Gasteiger partial charge on any atom is -0.325 e. The number of fused-ring (bicyclic) bond motifs is 1. The molecule has 2 aromatic heterocycles. The van der Waals surface area contributed by atoms with Gasteiger partial charge in [-0.3, -0.25) is 9.59 Å². The van der Waals surface area contributed by atoms with Gasteiger partial charge in [0.15, 0.2) is 0 Å². The van der Waals surface area contributed by atoms with Gasteiger partial charge in [-0.2, -0.15) is 22.7 Å². The molecule has 11 heteroatoms. The molecule has 0 aliphatic heterocycles. The van der Waals surface area contributed by atoms with E-state index in [-0.39, 0.29) is 34.2 Å². The van der Waals surface area contributed by atoms with Crippen LogP contribution < -0.4 is 10.9 Å². The first kappa shape index (κ1) is 21.0. The maximum atomic E-state index is 12.7. The highest BCUT2D eigenvalue weighted by atomic mass is 79.9. The topological polar surface area (TPSA) is 81.3 Å². The van der Waals surface area contributed by atoms with Crippen LogP contribution in [0.1, 0.15) is 36.6 Å². The van der Waals surface area contributed by atoms with Crippen molar-refractivity contribution in [3.63, 3.8) is 0 Å². The van der Waals surface area contributed by atoms with Crippen LogP contribution in [0.4, 0.5) is 18.9 Å². The number of hydrogen-bond donors (Lipinski definition) is 1. The van der Waals surface area contributed by atoms with E-state index in [1.165, 1.54) is 12.1 Å². The summed E-state index contributed by atoms with van der Waals surface area (Å²) in [6, 6.07) is 4.15. The third-order valence-electron chi connectivity index (χ3n) is 4.40. The number of carbonyl (C=O) groups excluding carboxylic acids is 1. The highest BCUT2D eigenvalue weighted by Gasteiger charge is 2.30. The lowest BCUT2D eigenvalue weighted by molar-refractivity contribution is -0.137. The number of nitrogens with zero attached hydrogens (tertiary/aromatic N) is 4. The van der Waals surface area contributed by atoms with Crippen molar-refractivity contribution < 1.29 is 18.0 Å². The molecule has 0 radical (unpaired) electrons. The first-order chi connectivity index (χ1) is 13.5. The summed E-state index contributed by atoms with van der Waals surface area (Å²) in [6.07, 6.45) is -4.45. The summed E-state index contributed by atoms with van der Waals surface area (Å²) in [4.78, 5) is 29.4. The van der Waals surface area contributed by atoms with Crippen molar-refractivity contribution in [2.45, 2.75) is 39.4 Å². The fourth-order valence-corrected chi connectivity index (χ4v) is 3.41. The zero-order chi connectivity index (χ0) is 21.5. The van der Waals surface area contributed by atoms with Crippen LogP contribution in [0.3, 0.4) is 0 Å². The lowest BCUT2D eigenvalue weighted by Crippen LogP contribution is -2.29. The van der Waals surface area contributed by atoms with Crippen molar-refractivity contribution in [3.8, 4) is 0 Å². The molecule has 0 aliphatic rings. The van der Waals surface area contributed by atoms with Crippen molar-refractivity contribution in [2.24, 2.45) is 0 Å². The average Bonchev–Trinajstić information content (AvgIpc) is 3.00. The van der Waals surface area contributed by atoms with E-state index >= 15 is 0 Å². The minimum atomic E-state index is -4.45. The van der Waals surface area contributed by atoms with Crippen molar-refractivity contribution in [3.05, 3.63) is 56.2 Å². The van der Waals surface area contributed by atoms with Gasteiger partial charge in [-0.1, -0.05) is 13.8 Å². The number of benzene rings is 1. The number of alkyl halides is 3. The van der Waals surface area contributed by atoms with E-state index in [0.29, 0.717) is 11.3 Å². The van der Waals surface area contributed by atoms with Crippen molar-refractivity contribution in [2.75, 3.05) is 5.32 Å². The Labute approximate surface area is 171 Å². The van der Waals surface area contributed by atoms with Gasteiger partial charge in [0.05, 0.1) is 5.56 Å². The number of halogens is 4. The molecule has 3 rings (SSSR count). The number of hydrogen-bond acceptors (Lipinski definition) is 4. The molecular formula is C18H17BrF3N5O2. The maximum Gasteiger partial charge on any atom is 0.416 e. The monoisotopic (exact) mass is 471 g/mol. The quantitative estimate of drug-likeness (QED) is 0.628. The SMILES string of the molecule is Cc1c(C(C)C)c(=O)n2nc(Br)nc2n1CC(=O)Nc1ccc(C(F)(F)F)cc1. The fourth-order valence-electron chi connectivity index (χ4n) is 3.10. The highest BCUT2D eigenvalue weighted by molar-refractivity contribution is 9.10. The van der Waals surface area contributed by atoms with Crippen molar-refractivity contribution in [1.29, 1.82) is 0 Å². The average molecular weight is 472 g/mol. The van der Waals surface area contributed by atoms with E-state index in [4.69, 9.17) is 0 Å². The Balaban J connectivity index is 1.93. The van der Waals surface area contributed by atoms with Crippen molar-refractivity contribution >= 4 is 33.3 Å². The van der Waals surface area contributed by atoms with Crippen LogP contribution in [0.25, 0.3) is 5.78 Å². The molecule has 0 atom stereocenters. The number of aromatic nitrogens is 4. The second-order valence-corrected chi connectivity index (χ2v) is 7.47. The second kappa shape index (κ2) is 7.62. The normalized spacial score (nSPS) is 12.0. The molecule has 1 N–H and O–H groups in total. The van der Waals surface area contributed by atoms with Gasteiger partial charge in [-0.25, -0.2) is 0 Å². The molecule has 154 valence electrons. The molecule has 0 spiro atoms. The van der Waals surface area contributed by atoms with E-state index in [1.54, 1.807) is 11.5 Å². The number of rotatable bonds is 4. The number of carbonyl (C=O) groups is 1. The summed E-state index contributed by atoms with van der Waals surface area (Å²) in [7, 11) is 0. The van der Waals surface area contributed by atoms with Crippen LogP contribution in [0.5, 0.6) is 0 Å². The van der Waals surface area contributed by atoms with E-state index in [0.717, 1.165) is 16.6 Å². The van der Waals surface area contributed by atoms with E-state index in [1.807, 2.05) is 13.8 Å². The first-order valence-electron chi connectivity index (χ1n) is 8.61. The standard InChI is InChI=1S/C18H17BrF3N5O2/c1-9(2)14-10(3)26(17-24-16(19)25-27(17)15(14)29)8-13(28)23-12-6-4-11(5-7-12)18(20,21)22/h4-7,9H,8H2,1-3H3,(H,23,28). The fraction of sp³-hybridized carbons (Fsp3) is 0.333. The molecule has 1 aromatic carbocycles. The molecule has 0 saturated heterocycles. The van der Waals surface area contributed by atoms with Gasteiger partial charge in [-0.15, -0.1) is 5.10 Å². The van der Waals surface area contributed by atoms with Crippen LogP contribution in [0.2, 0.25) is 0 Å². The Morgan fingerprint density at radius 1 is 1.24 bits per heavy atom. The summed E-state index contributed by atoms with van der Waals surface area (Å²) in [5, 5.41) is 6.59. The summed E-state index contributed by atoms with van der Waals surface area (Å²) < 4.78 is 40.9. The zero-order valence-electron chi connectivity index (χ0n) is 15.7. The molecule has 2 heterocycles. The number of nitrogens with one attached hydrogen (secondary N) is 1. The maximum absolute atomic E-state index is 12.7. The van der Waals surface area contributed by atoms with Crippen LogP contribution in [-0.2, 0) is 17.5 Å². The minimum absolute atomic E-state index is 0.112. The lowest BCUT2D eigenvalue weighted by Gasteiger charge is -2.17. The smallest absolute Gasteiger partial charge is 0.325 e. The predicted molar refractivity (Wildman–Crippen MR) is 104 cm³/mol. The van der Waals surface area contributed by atoms with Crippen LogP contribution in [0.15, 0.2) is 33.8 Å². The van der Waals surface area contributed by atoms with Gasteiger partial charge in [-0.05, 0) is 53.0 Å². The Hall–Kier alpha value is -2.69. The second-order valence-electron chi connectivity index (χ2n) is 6.76. The number of amides is 1. The molecule has 0 unspecified atom stereocenters. The molecule has 29 heavy (non-hydrogen) atoms. The third kappa shape index (κ3) is 4.19. The molecule has 0 bridgehead atoms. The van der Waals surface area contributed by atoms with E-state index < -0.39 is 17.6 Å². The Bertz CT molecular complexity index is 1130. The van der Waals surface area contributed by atoms with Gasteiger partial charge in [0.2, 0.25) is 16.4 Å². The van der Waals surface area contributed by atoms with Crippen LogP contribution in [0, 0.1) is 6.92 Å². The number of anilines is 1. The molecular weight excluding hydrogens is 455 g/mol. The Morgan fingerprint density at radius 3 is 2.41 bits per heavy atom. The van der Waals surface area contributed by atoms with E-state index in [2.05, 4.69) is 31.3 Å². The summed E-state index contributed by atoms with van der Waals surface area (Å²) in [5.41, 5.74) is 0.176. The van der Waals surface area contributed by atoms with Gasteiger partial charge >= 0.3 is 6.18 Å². The first-order valence-corrected chi connectivity index (χ1v) is 9.41. The highest BCUT2D eigenvalue weighted by Crippen LogP contribution is 2.29. The Morgan fingerprint density at radius 2 is 1.86 bits per heavy atom. The zero-order valence-corrected chi connectivity index (χ0v) is 17.3.